The predicted molar refractivity (Wildman–Crippen MR) is 80.9 cm³/mol. The number of ether oxygens (including phenoxy) is 1. The molecule has 24 heavy (non-hydrogen) atoms. The van der Waals surface area contributed by atoms with E-state index < -0.39 is 36.1 Å². The first kappa shape index (κ1) is 17.4. The third-order valence-corrected chi connectivity index (χ3v) is 5.67. The highest BCUT2D eigenvalue weighted by molar-refractivity contribution is 5.77. The van der Waals surface area contributed by atoms with Crippen molar-refractivity contribution in [2.75, 3.05) is 26.2 Å². The highest BCUT2D eigenvalue weighted by atomic mass is 19.3. The van der Waals surface area contributed by atoms with Gasteiger partial charge in [0, 0.05) is 13.1 Å². The van der Waals surface area contributed by atoms with Gasteiger partial charge in [0.1, 0.15) is 0 Å². The molecule has 0 bridgehead atoms. The van der Waals surface area contributed by atoms with Crippen molar-refractivity contribution < 1.29 is 28.2 Å². The number of hydrogen-bond acceptors (Lipinski definition) is 4. The van der Waals surface area contributed by atoms with Crippen LogP contribution in [0, 0.1) is 11.3 Å². The zero-order valence-electron chi connectivity index (χ0n) is 14.0. The number of hydrogen-bond donors (Lipinski definition) is 1. The van der Waals surface area contributed by atoms with Gasteiger partial charge >= 0.3 is 12.1 Å². The van der Waals surface area contributed by atoms with Crippen LogP contribution in [-0.2, 0) is 9.53 Å². The minimum absolute atomic E-state index is 0.174. The van der Waals surface area contributed by atoms with Gasteiger partial charge in [0.2, 0.25) is 0 Å². The van der Waals surface area contributed by atoms with E-state index in [0.29, 0.717) is 39.0 Å². The van der Waals surface area contributed by atoms with Gasteiger partial charge in [0.05, 0.1) is 30.7 Å². The highest BCUT2D eigenvalue weighted by Gasteiger charge is 2.61. The van der Waals surface area contributed by atoms with Crippen molar-refractivity contribution in [1.29, 1.82) is 0 Å². The van der Waals surface area contributed by atoms with Crippen LogP contribution in [0.4, 0.5) is 13.6 Å². The number of halogens is 2. The van der Waals surface area contributed by atoms with Gasteiger partial charge in [-0.05, 0) is 39.0 Å². The number of amides is 1. The van der Waals surface area contributed by atoms with Crippen molar-refractivity contribution in [2.24, 2.45) is 11.3 Å². The molecule has 1 saturated carbocycles. The summed E-state index contributed by atoms with van der Waals surface area (Å²) in [7, 11) is 0. The molecule has 0 spiro atoms. The van der Waals surface area contributed by atoms with E-state index in [1.165, 1.54) is 0 Å². The van der Waals surface area contributed by atoms with Crippen LogP contribution in [0.5, 0.6) is 0 Å². The lowest BCUT2D eigenvalue weighted by Gasteiger charge is -2.45. The number of carboxylic acid groups (broad SMARTS) is 1. The second-order valence-corrected chi connectivity index (χ2v) is 7.52. The fourth-order valence-corrected chi connectivity index (χ4v) is 4.71. The van der Waals surface area contributed by atoms with Gasteiger partial charge in [-0.15, -0.1) is 0 Å². The van der Waals surface area contributed by atoms with E-state index in [0.717, 1.165) is 4.90 Å². The standard InChI is InChI=1S/C16H24F2N2O4/c1-3-24-13(21)15(2)6-10(7-15)8-19-5-4-11-12(19)16(17,18)9-20(11)14(22)23/h10-12H,3-9H2,1-2H3,(H,22,23). The Hall–Kier alpha value is -1.44. The molecule has 1 aliphatic carbocycles. The summed E-state index contributed by atoms with van der Waals surface area (Å²) in [6, 6.07) is -1.67. The molecule has 8 heteroatoms. The minimum Gasteiger partial charge on any atom is -0.466 e. The number of esters is 1. The number of fused-ring (bicyclic) bond motifs is 1. The smallest absolute Gasteiger partial charge is 0.407 e. The molecular weight excluding hydrogens is 322 g/mol. The molecular formula is C16H24F2N2O4. The molecule has 3 aliphatic rings. The zero-order chi connectivity index (χ0) is 17.7. The van der Waals surface area contributed by atoms with Gasteiger partial charge in [0.15, 0.2) is 0 Å². The molecule has 2 atom stereocenters. The number of nitrogens with zero attached hydrogens (tertiary/aromatic N) is 2. The molecule has 2 unspecified atom stereocenters. The SMILES string of the molecule is CCOC(=O)C1(C)CC(CN2CCC3C2C(F)(F)CN3C(=O)O)C1. The van der Waals surface area contributed by atoms with E-state index in [-0.39, 0.29) is 11.9 Å². The molecule has 1 N–H and O–H groups in total. The van der Waals surface area contributed by atoms with Crippen molar-refractivity contribution in [3.05, 3.63) is 0 Å². The normalized spacial score (nSPS) is 37.8. The van der Waals surface area contributed by atoms with Crippen molar-refractivity contribution in [3.8, 4) is 0 Å². The molecule has 0 aromatic rings. The fourth-order valence-electron chi connectivity index (χ4n) is 4.71. The maximum absolute atomic E-state index is 14.3. The van der Waals surface area contributed by atoms with Crippen LogP contribution >= 0.6 is 0 Å². The summed E-state index contributed by atoms with van der Waals surface area (Å²) >= 11 is 0. The van der Waals surface area contributed by atoms with Crippen LogP contribution in [0.1, 0.15) is 33.1 Å². The van der Waals surface area contributed by atoms with E-state index in [9.17, 15) is 18.4 Å². The lowest BCUT2D eigenvalue weighted by atomic mass is 9.63. The number of rotatable bonds is 4. The second kappa shape index (κ2) is 5.82. The second-order valence-electron chi connectivity index (χ2n) is 7.52. The first-order valence-electron chi connectivity index (χ1n) is 8.46. The summed E-state index contributed by atoms with van der Waals surface area (Å²) in [5.74, 6) is -3.06. The molecule has 1 amide bonds. The van der Waals surface area contributed by atoms with Crippen LogP contribution in [0.2, 0.25) is 0 Å². The summed E-state index contributed by atoms with van der Waals surface area (Å²) in [6.07, 6.45) is 0.429. The molecule has 136 valence electrons. The van der Waals surface area contributed by atoms with Crippen LogP contribution in [0.25, 0.3) is 0 Å². The lowest BCUT2D eigenvalue weighted by Crippen LogP contribution is -2.51. The van der Waals surface area contributed by atoms with Crippen LogP contribution in [0.15, 0.2) is 0 Å². The first-order valence-corrected chi connectivity index (χ1v) is 8.46. The Bertz CT molecular complexity index is 536. The monoisotopic (exact) mass is 346 g/mol. The third-order valence-electron chi connectivity index (χ3n) is 5.67. The molecule has 3 fully saturated rings. The molecule has 2 heterocycles. The minimum atomic E-state index is -3.02. The summed E-state index contributed by atoms with van der Waals surface area (Å²) in [5.41, 5.74) is -0.509. The fraction of sp³-hybridized carbons (Fsp3) is 0.875. The Morgan fingerprint density at radius 2 is 2.00 bits per heavy atom. The molecule has 0 aromatic heterocycles. The Balaban J connectivity index is 1.60. The summed E-state index contributed by atoms with van der Waals surface area (Å²) in [5, 5.41) is 9.12. The Morgan fingerprint density at radius 1 is 1.33 bits per heavy atom. The molecule has 6 nitrogen and oxygen atoms in total. The van der Waals surface area contributed by atoms with Crippen molar-refractivity contribution in [3.63, 3.8) is 0 Å². The van der Waals surface area contributed by atoms with Gasteiger partial charge in [-0.25, -0.2) is 13.6 Å². The van der Waals surface area contributed by atoms with Crippen molar-refractivity contribution in [1.82, 2.24) is 9.80 Å². The summed E-state index contributed by atoms with van der Waals surface area (Å²) in [4.78, 5) is 25.7. The maximum atomic E-state index is 14.3. The number of carbonyl (C=O) groups is 2. The lowest BCUT2D eigenvalue weighted by molar-refractivity contribution is -0.164. The van der Waals surface area contributed by atoms with E-state index in [2.05, 4.69) is 0 Å². The largest absolute Gasteiger partial charge is 0.466 e. The Kier molecular flexibility index (Phi) is 4.22. The molecule has 2 aliphatic heterocycles. The quantitative estimate of drug-likeness (QED) is 0.789. The highest BCUT2D eigenvalue weighted by Crippen LogP contribution is 2.48. The number of carbonyl (C=O) groups excluding carboxylic acids is 1. The van der Waals surface area contributed by atoms with Gasteiger partial charge in [-0.1, -0.05) is 0 Å². The van der Waals surface area contributed by atoms with Crippen LogP contribution in [0.3, 0.4) is 0 Å². The van der Waals surface area contributed by atoms with Gasteiger partial charge < -0.3 is 9.84 Å². The third kappa shape index (κ3) is 2.74. The van der Waals surface area contributed by atoms with Gasteiger partial charge in [-0.3, -0.25) is 14.6 Å². The van der Waals surface area contributed by atoms with Gasteiger partial charge in [-0.2, -0.15) is 0 Å². The Morgan fingerprint density at radius 3 is 2.58 bits per heavy atom. The van der Waals surface area contributed by atoms with Crippen LogP contribution in [-0.4, -0.2) is 71.2 Å². The predicted octanol–water partition coefficient (Wildman–Crippen LogP) is 2.04. The molecule has 3 rings (SSSR count). The summed E-state index contributed by atoms with van der Waals surface area (Å²) in [6.45, 7) is 4.19. The molecule has 0 radical (unpaired) electrons. The molecule has 0 aromatic carbocycles. The topological polar surface area (TPSA) is 70.1 Å². The van der Waals surface area contributed by atoms with Gasteiger partial charge in [0.25, 0.3) is 5.92 Å². The van der Waals surface area contributed by atoms with E-state index >= 15 is 0 Å². The van der Waals surface area contributed by atoms with E-state index in [1.807, 2.05) is 6.92 Å². The average Bonchev–Trinajstić information content (AvgIpc) is 2.98. The average molecular weight is 346 g/mol. The van der Waals surface area contributed by atoms with Crippen molar-refractivity contribution in [2.45, 2.75) is 51.1 Å². The van der Waals surface area contributed by atoms with E-state index in [1.54, 1.807) is 11.8 Å². The summed E-state index contributed by atoms with van der Waals surface area (Å²) < 4.78 is 33.7. The first-order chi connectivity index (χ1) is 11.2. The molecule has 2 saturated heterocycles. The zero-order valence-corrected chi connectivity index (χ0v) is 14.0. The van der Waals surface area contributed by atoms with E-state index in [4.69, 9.17) is 9.84 Å². The van der Waals surface area contributed by atoms with Crippen molar-refractivity contribution >= 4 is 12.1 Å². The van der Waals surface area contributed by atoms with Crippen LogP contribution < -0.4 is 0 Å². The maximum Gasteiger partial charge on any atom is 0.407 e. The number of alkyl halides is 2. The number of likely N-dealkylation sites (tertiary alicyclic amines) is 2. The Labute approximate surface area is 139 Å².